The molecule has 0 fully saturated rings. The van der Waals surface area contributed by atoms with Gasteiger partial charge in [-0.1, -0.05) is 18.2 Å². The zero-order chi connectivity index (χ0) is 18.8. The van der Waals surface area contributed by atoms with Crippen LogP contribution in [0.25, 0.3) is 6.08 Å². The van der Waals surface area contributed by atoms with Crippen LogP contribution in [0.15, 0.2) is 53.4 Å². The number of rotatable bonds is 9. The number of nitrogens with one attached hydrogen (secondary N) is 1. The van der Waals surface area contributed by atoms with Crippen LogP contribution >= 0.6 is 11.8 Å². The molecular formula is C20H23NO4S. The lowest BCUT2D eigenvalue weighted by Gasteiger charge is -2.12. The fraction of sp³-hybridized carbons (Fsp3) is 0.250. The third kappa shape index (κ3) is 5.74. The minimum absolute atomic E-state index is 0.157. The van der Waals surface area contributed by atoms with Crippen LogP contribution in [-0.4, -0.2) is 39.5 Å². The highest BCUT2D eigenvalue weighted by Gasteiger charge is 2.10. The molecule has 0 aliphatic carbocycles. The van der Waals surface area contributed by atoms with E-state index in [-0.39, 0.29) is 5.91 Å². The molecule has 0 atom stereocenters. The summed E-state index contributed by atoms with van der Waals surface area (Å²) >= 11 is 1.70. The van der Waals surface area contributed by atoms with Crippen molar-refractivity contribution in [2.75, 3.05) is 33.6 Å². The summed E-state index contributed by atoms with van der Waals surface area (Å²) in [6, 6.07) is 13.6. The third-order valence-corrected chi connectivity index (χ3v) is 4.58. The molecule has 0 saturated heterocycles. The van der Waals surface area contributed by atoms with Crippen molar-refractivity contribution in [2.24, 2.45) is 0 Å². The van der Waals surface area contributed by atoms with Crippen molar-refractivity contribution >= 4 is 23.7 Å². The molecule has 0 saturated carbocycles. The van der Waals surface area contributed by atoms with E-state index in [4.69, 9.17) is 14.2 Å². The lowest BCUT2D eigenvalue weighted by Crippen LogP contribution is -2.23. The second kappa shape index (κ2) is 10.4. The second-order valence-electron chi connectivity index (χ2n) is 5.24. The van der Waals surface area contributed by atoms with Gasteiger partial charge in [0.2, 0.25) is 5.91 Å². The summed E-state index contributed by atoms with van der Waals surface area (Å²) in [4.78, 5) is 13.2. The van der Waals surface area contributed by atoms with E-state index in [1.54, 1.807) is 51.3 Å². The average molecular weight is 373 g/mol. The van der Waals surface area contributed by atoms with Crippen LogP contribution < -0.4 is 19.5 Å². The zero-order valence-electron chi connectivity index (χ0n) is 15.2. The molecular weight excluding hydrogens is 350 g/mol. The van der Waals surface area contributed by atoms with Crippen molar-refractivity contribution in [1.82, 2.24) is 5.32 Å². The monoisotopic (exact) mass is 373 g/mol. The van der Waals surface area contributed by atoms with Gasteiger partial charge in [0.05, 0.1) is 21.3 Å². The van der Waals surface area contributed by atoms with Crippen molar-refractivity contribution in [3.05, 3.63) is 54.1 Å². The first kappa shape index (κ1) is 19.7. The number of methoxy groups -OCH3 is 3. The number of amides is 1. The fourth-order valence-corrected chi connectivity index (χ4v) is 3.06. The normalized spacial score (nSPS) is 10.6. The molecule has 0 unspecified atom stereocenters. The zero-order valence-corrected chi connectivity index (χ0v) is 16.0. The molecule has 1 amide bonds. The largest absolute Gasteiger partial charge is 0.496 e. The van der Waals surface area contributed by atoms with Gasteiger partial charge >= 0.3 is 0 Å². The number of hydrogen-bond donors (Lipinski definition) is 1. The van der Waals surface area contributed by atoms with Gasteiger partial charge in [-0.25, -0.2) is 0 Å². The first-order valence-electron chi connectivity index (χ1n) is 8.11. The Balaban J connectivity index is 1.90. The maximum Gasteiger partial charge on any atom is 0.244 e. The first-order valence-corrected chi connectivity index (χ1v) is 9.10. The Morgan fingerprint density at radius 3 is 2.31 bits per heavy atom. The third-order valence-electron chi connectivity index (χ3n) is 3.56. The van der Waals surface area contributed by atoms with Crippen LogP contribution in [0.2, 0.25) is 0 Å². The standard InChI is InChI=1S/C20H23NO4S/c1-23-17-14-19(25-3)18(24-2)13-15(17)9-10-20(22)21-11-12-26-16-7-5-4-6-8-16/h4-10,13-14H,11-12H2,1-3H3,(H,21,22)/b10-9+. The molecule has 0 aromatic heterocycles. The summed E-state index contributed by atoms with van der Waals surface area (Å²) in [5.41, 5.74) is 0.735. The molecule has 0 aliphatic heterocycles. The van der Waals surface area contributed by atoms with Crippen LogP contribution in [0.5, 0.6) is 17.2 Å². The van der Waals surface area contributed by atoms with E-state index in [1.807, 2.05) is 18.2 Å². The molecule has 6 heteroatoms. The van der Waals surface area contributed by atoms with Crippen LogP contribution in [0, 0.1) is 0 Å². The van der Waals surface area contributed by atoms with Crippen LogP contribution in [0.3, 0.4) is 0 Å². The Hall–Kier alpha value is -2.60. The van der Waals surface area contributed by atoms with Crippen LogP contribution in [0.4, 0.5) is 0 Å². The van der Waals surface area contributed by atoms with Crippen molar-refractivity contribution in [3.8, 4) is 17.2 Å². The van der Waals surface area contributed by atoms with Crippen LogP contribution in [-0.2, 0) is 4.79 Å². The molecule has 2 aromatic carbocycles. The predicted octanol–water partition coefficient (Wildman–Crippen LogP) is 3.63. The van der Waals surface area contributed by atoms with E-state index in [1.165, 1.54) is 11.0 Å². The Labute approximate surface area is 158 Å². The molecule has 2 aromatic rings. The SMILES string of the molecule is COc1cc(OC)c(OC)cc1/C=C/C(=O)NCCSc1ccccc1. The molecule has 5 nitrogen and oxygen atoms in total. The lowest BCUT2D eigenvalue weighted by molar-refractivity contribution is -0.116. The quantitative estimate of drug-likeness (QED) is 0.413. The van der Waals surface area contributed by atoms with E-state index in [9.17, 15) is 4.79 Å². The number of carbonyl (C=O) groups excluding carboxylic acids is 1. The minimum Gasteiger partial charge on any atom is -0.496 e. The maximum atomic E-state index is 12.0. The van der Waals surface area contributed by atoms with Gasteiger partial charge in [-0.05, 0) is 24.3 Å². The second-order valence-corrected chi connectivity index (χ2v) is 6.40. The van der Waals surface area contributed by atoms with E-state index < -0.39 is 0 Å². The van der Waals surface area contributed by atoms with Gasteiger partial charge in [0.25, 0.3) is 0 Å². The lowest BCUT2D eigenvalue weighted by atomic mass is 10.1. The van der Waals surface area contributed by atoms with E-state index >= 15 is 0 Å². The van der Waals surface area contributed by atoms with E-state index in [0.717, 1.165) is 11.3 Å². The number of ether oxygens (including phenoxy) is 3. The summed E-state index contributed by atoms with van der Waals surface area (Å²) < 4.78 is 15.9. The summed E-state index contributed by atoms with van der Waals surface area (Å²) in [5, 5.41) is 2.87. The van der Waals surface area contributed by atoms with E-state index in [0.29, 0.717) is 23.8 Å². The Morgan fingerprint density at radius 2 is 1.65 bits per heavy atom. The van der Waals surface area contributed by atoms with Crippen molar-refractivity contribution in [2.45, 2.75) is 4.90 Å². The number of benzene rings is 2. The number of thioether (sulfide) groups is 1. The van der Waals surface area contributed by atoms with Gasteiger partial charge in [0.15, 0.2) is 11.5 Å². The summed E-state index contributed by atoms with van der Waals surface area (Å²) in [6.45, 7) is 0.589. The van der Waals surface area contributed by atoms with Crippen molar-refractivity contribution in [1.29, 1.82) is 0 Å². The summed E-state index contributed by atoms with van der Waals surface area (Å²) in [5.74, 6) is 2.40. The molecule has 0 spiro atoms. The molecule has 1 N–H and O–H groups in total. The van der Waals surface area contributed by atoms with Gasteiger partial charge < -0.3 is 19.5 Å². The highest BCUT2D eigenvalue weighted by atomic mass is 32.2. The highest BCUT2D eigenvalue weighted by molar-refractivity contribution is 7.99. The smallest absolute Gasteiger partial charge is 0.244 e. The number of hydrogen-bond acceptors (Lipinski definition) is 5. The van der Waals surface area contributed by atoms with Gasteiger partial charge in [-0.15, -0.1) is 11.8 Å². The molecule has 138 valence electrons. The van der Waals surface area contributed by atoms with Gasteiger partial charge in [-0.3, -0.25) is 4.79 Å². The Morgan fingerprint density at radius 1 is 1.00 bits per heavy atom. The minimum atomic E-state index is -0.157. The van der Waals surface area contributed by atoms with Crippen LogP contribution in [0.1, 0.15) is 5.56 Å². The maximum absolute atomic E-state index is 12.0. The molecule has 0 radical (unpaired) electrons. The molecule has 0 aliphatic rings. The summed E-state index contributed by atoms with van der Waals surface area (Å²) in [6.07, 6.45) is 3.18. The highest BCUT2D eigenvalue weighted by Crippen LogP contribution is 2.35. The van der Waals surface area contributed by atoms with Gasteiger partial charge in [-0.2, -0.15) is 0 Å². The average Bonchev–Trinajstić information content (AvgIpc) is 2.69. The molecule has 0 bridgehead atoms. The number of carbonyl (C=O) groups is 1. The first-order chi connectivity index (χ1) is 12.7. The van der Waals surface area contributed by atoms with Gasteiger partial charge in [0.1, 0.15) is 5.75 Å². The predicted molar refractivity (Wildman–Crippen MR) is 105 cm³/mol. The van der Waals surface area contributed by atoms with Gasteiger partial charge in [0, 0.05) is 34.9 Å². The molecule has 26 heavy (non-hydrogen) atoms. The molecule has 0 heterocycles. The molecule has 2 rings (SSSR count). The van der Waals surface area contributed by atoms with E-state index in [2.05, 4.69) is 17.4 Å². The topological polar surface area (TPSA) is 56.8 Å². The fourth-order valence-electron chi connectivity index (χ4n) is 2.27. The Kier molecular flexibility index (Phi) is 7.89. The van der Waals surface area contributed by atoms with Crippen molar-refractivity contribution in [3.63, 3.8) is 0 Å². The Bertz CT molecular complexity index is 747. The van der Waals surface area contributed by atoms with Crippen molar-refractivity contribution < 1.29 is 19.0 Å². The summed E-state index contributed by atoms with van der Waals surface area (Å²) in [7, 11) is 4.70.